The van der Waals surface area contributed by atoms with Gasteiger partial charge in [0, 0.05) is 17.6 Å². The van der Waals surface area contributed by atoms with E-state index >= 15 is 0 Å². The Labute approximate surface area is 81.2 Å². The van der Waals surface area contributed by atoms with Crippen LogP contribution in [0.15, 0.2) is 17.2 Å². The van der Waals surface area contributed by atoms with Gasteiger partial charge in [0.15, 0.2) is 0 Å². The monoisotopic (exact) mass is 208 g/mol. The third-order valence-electron chi connectivity index (χ3n) is 1.32. The van der Waals surface area contributed by atoms with E-state index in [4.69, 9.17) is 5.73 Å². The molecule has 0 radical (unpaired) electrons. The molecule has 0 aliphatic heterocycles. The minimum atomic E-state index is -0.320. The fourth-order valence-corrected chi connectivity index (χ4v) is 1.09. The second kappa shape index (κ2) is 5.35. The van der Waals surface area contributed by atoms with Gasteiger partial charge in [-0.15, -0.1) is 24.2 Å². The summed E-state index contributed by atoms with van der Waals surface area (Å²) in [6.45, 7) is 0.153. The molecule has 68 valence electrons. The van der Waals surface area contributed by atoms with Gasteiger partial charge in [-0.05, 0) is 12.3 Å². The first-order valence-electron chi connectivity index (χ1n) is 3.16. The molecule has 0 bridgehead atoms. The SMILES string of the molecule is CSc1cnc(CN)c(F)c1.Cl. The summed E-state index contributed by atoms with van der Waals surface area (Å²) >= 11 is 1.46. The van der Waals surface area contributed by atoms with Crippen LogP contribution in [0.3, 0.4) is 0 Å². The normalized spacial score (nSPS) is 9.25. The van der Waals surface area contributed by atoms with Gasteiger partial charge in [-0.25, -0.2) is 4.39 Å². The summed E-state index contributed by atoms with van der Waals surface area (Å²) < 4.78 is 12.9. The fraction of sp³-hybridized carbons (Fsp3) is 0.286. The summed E-state index contributed by atoms with van der Waals surface area (Å²) in [6.07, 6.45) is 3.49. The van der Waals surface area contributed by atoms with Crippen LogP contribution in [0.1, 0.15) is 5.69 Å². The predicted octanol–water partition coefficient (Wildman–Crippen LogP) is 1.82. The summed E-state index contributed by atoms with van der Waals surface area (Å²) in [5, 5.41) is 0. The van der Waals surface area contributed by atoms with Gasteiger partial charge in [-0.1, -0.05) is 0 Å². The molecule has 0 spiro atoms. The molecule has 0 saturated heterocycles. The number of aromatic nitrogens is 1. The van der Waals surface area contributed by atoms with Crippen molar-refractivity contribution in [3.8, 4) is 0 Å². The second-order valence-electron chi connectivity index (χ2n) is 2.01. The summed E-state index contributed by atoms with van der Waals surface area (Å²) in [5.74, 6) is -0.320. The number of thioether (sulfide) groups is 1. The molecule has 1 aromatic heterocycles. The molecule has 0 saturated carbocycles. The van der Waals surface area contributed by atoms with Gasteiger partial charge in [0.25, 0.3) is 0 Å². The van der Waals surface area contributed by atoms with Crippen LogP contribution in [0.4, 0.5) is 4.39 Å². The first-order valence-corrected chi connectivity index (χ1v) is 4.39. The Kier molecular flexibility index (Phi) is 5.20. The Bertz CT molecular complexity index is 257. The van der Waals surface area contributed by atoms with Crippen molar-refractivity contribution >= 4 is 24.2 Å². The smallest absolute Gasteiger partial charge is 0.147 e. The van der Waals surface area contributed by atoms with E-state index in [0.29, 0.717) is 5.69 Å². The zero-order valence-electron chi connectivity index (χ0n) is 6.58. The van der Waals surface area contributed by atoms with E-state index in [9.17, 15) is 4.39 Å². The lowest BCUT2D eigenvalue weighted by Crippen LogP contribution is -2.02. The minimum absolute atomic E-state index is 0. The van der Waals surface area contributed by atoms with E-state index in [1.165, 1.54) is 17.8 Å². The van der Waals surface area contributed by atoms with Gasteiger partial charge in [-0.3, -0.25) is 4.98 Å². The average Bonchev–Trinajstić information content (AvgIpc) is 2.04. The van der Waals surface area contributed by atoms with Crippen molar-refractivity contribution in [2.45, 2.75) is 11.4 Å². The van der Waals surface area contributed by atoms with Crippen LogP contribution >= 0.6 is 24.2 Å². The van der Waals surface area contributed by atoms with Crippen molar-refractivity contribution in [2.24, 2.45) is 5.73 Å². The quantitative estimate of drug-likeness (QED) is 0.754. The maximum Gasteiger partial charge on any atom is 0.147 e. The number of nitrogens with zero attached hydrogens (tertiary/aromatic N) is 1. The highest BCUT2D eigenvalue weighted by molar-refractivity contribution is 7.98. The number of nitrogens with two attached hydrogens (primary N) is 1. The highest BCUT2D eigenvalue weighted by Crippen LogP contribution is 2.15. The molecule has 0 aliphatic rings. The molecule has 1 aromatic rings. The van der Waals surface area contributed by atoms with Crippen molar-refractivity contribution in [3.63, 3.8) is 0 Å². The van der Waals surface area contributed by atoms with E-state index in [0.717, 1.165) is 4.90 Å². The first-order chi connectivity index (χ1) is 5.27. The van der Waals surface area contributed by atoms with Gasteiger partial charge in [0.05, 0.1) is 5.69 Å². The van der Waals surface area contributed by atoms with Crippen molar-refractivity contribution in [3.05, 3.63) is 23.8 Å². The van der Waals surface area contributed by atoms with Crippen molar-refractivity contribution in [2.75, 3.05) is 6.26 Å². The highest BCUT2D eigenvalue weighted by Gasteiger charge is 2.01. The van der Waals surface area contributed by atoms with Crippen LogP contribution in [-0.2, 0) is 6.54 Å². The summed E-state index contributed by atoms with van der Waals surface area (Å²) in [4.78, 5) is 4.67. The average molecular weight is 209 g/mol. The molecule has 2 nitrogen and oxygen atoms in total. The maximum absolute atomic E-state index is 12.9. The predicted molar refractivity (Wildman–Crippen MR) is 51.1 cm³/mol. The van der Waals surface area contributed by atoms with Crippen LogP contribution in [0, 0.1) is 5.82 Å². The van der Waals surface area contributed by atoms with Crippen molar-refractivity contribution < 1.29 is 4.39 Å². The zero-order chi connectivity index (χ0) is 8.27. The van der Waals surface area contributed by atoms with Crippen LogP contribution in [0.2, 0.25) is 0 Å². The fourth-order valence-electron chi connectivity index (χ4n) is 0.711. The highest BCUT2D eigenvalue weighted by atomic mass is 35.5. The lowest BCUT2D eigenvalue weighted by Gasteiger charge is -1.99. The number of hydrogen-bond donors (Lipinski definition) is 1. The third kappa shape index (κ3) is 2.62. The minimum Gasteiger partial charge on any atom is -0.325 e. The van der Waals surface area contributed by atoms with E-state index in [1.807, 2.05) is 6.26 Å². The van der Waals surface area contributed by atoms with Gasteiger partial charge in [0.1, 0.15) is 5.82 Å². The Morgan fingerprint density at radius 3 is 2.75 bits per heavy atom. The molecular weight excluding hydrogens is 199 g/mol. The topological polar surface area (TPSA) is 38.9 Å². The molecule has 1 rings (SSSR count). The maximum atomic E-state index is 12.9. The van der Waals surface area contributed by atoms with Gasteiger partial charge in [0.2, 0.25) is 0 Å². The van der Waals surface area contributed by atoms with Gasteiger partial charge in [-0.2, -0.15) is 0 Å². The third-order valence-corrected chi connectivity index (χ3v) is 2.02. The summed E-state index contributed by atoms with van der Waals surface area (Å²) in [7, 11) is 0. The van der Waals surface area contributed by atoms with Gasteiger partial charge >= 0.3 is 0 Å². The molecule has 2 N–H and O–H groups in total. The van der Waals surface area contributed by atoms with Crippen LogP contribution < -0.4 is 5.73 Å². The van der Waals surface area contributed by atoms with Crippen LogP contribution in [-0.4, -0.2) is 11.2 Å². The summed E-state index contributed by atoms with van der Waals surface area (Å²) in [6, 6.07) is 1.44. The lowest BCUT2D eigenvalue weighted by molar-refractivity contribution is 0.595. The van der Waals surface area contributed by atoms with E-state index < -0.39 is 0 Å². The molecule has 0 amide bonds. The molecule has 12 heavy (non-hydrogen) atoms. The van der Waals surface area contributed by atoms with Crippen molar-refractivity contribution in [1.82, 2.24) is 4.98 Å². The molecule has 0 unspecified atom stereocenters. The molecule has 1 heterocycles. The number of pyridine rings is 1. The molecule has 0 aromatic carbocycles. The van der Waals surface area contributed by atoms with Crippen LogP contribution in [0.5, 0.6) is 0 Å². The molecule has 0 atom stereocenters. The molecular formula is C7H10ClFN2S. The standard InChI is InChI=1S/C7H9FN2S.ClH/c1-11-5-2-6(8)7(3-9)10-4-5;/h2,4H,3,9H2,1H3;1H. The Morgan fingerprint density at radius 2 is 2.33 bits per heavy atom. The largest absolute Gasteiger partial charge is 0.325 e. The number of rotatable bonds is 2. The van der Waals surface area contributed by atoms with E-state index in [1.54, 1.807) is 6.20 Å². The Balaban J connectivity index is 0.00000121. The molecule has 0 aliphatic carbocycles. The lowest BCUT2D eigenvalue weighted by atomic mass is 10.3. The molecule has 5 heteroatoms. The van der Waals surface area contributed by atoms with Crippen LogP contribution in [0.25, 0.3) is 0 Å². The Hall–Kier alpha value is -0.320. The number of halogens is 2. The molecule has 0 fully saturated rings. The zero-order valence-corrected chi connectivity index (χ0v) is 8.21. The number of hydrogen-bond acceptors (Lipinski definition) is 3. The van der Waals surface area contributed by atoms with E-state index in [2.05, 4.69) is 4.98 Å². The summed E-state index contributed by atoms with van der Waals surface area (Å²) in [5.41, 5.74) is 5.55. The van der Waals surface area contributed by atoms with Crippen molar-refractivity contribution in [1.29, 1.82) is 0 Å². The second-order valence-corrected chi connectivity index (χ2v) is 2.89. The van der Waals surface area contributed by atoms with Gasteiger partial charge < -0.3 is 5.73 Å². The van der Waals surface area contributed by atoms with E-state index in [-0.39, 0.29) is 24.8 Å². The Morgan fingerprint density at radius 1 is 1.67 bits per heavy atom. The first kappa shape index (κ1) is 11.7.